The SMILES string of the molecule is CN1[C@@H]2CC[C@H]1C[C@@H](Oc1ccc(-n3cnc4cc(C(O)C5CCCCC5)sc4c3=O)cc1)C2. The fourth-order valence-electron chi connectivity index (χ4n) is 6.28. The molecule has 0 radical (unpaired) electrons. The van der Waals surface area contributed by atoms with Gasteiger partial charge >= 0.3 is 0 Å². The molecule has 1 N–H and O–H groups in total. The first-order valence-corrected chi connectivity index (χ1v) is 13.6. The van der Waals surface area contributed by atoms with Crippen LogP contribution in [0.3, 0.4) is 0 Å². The van der Waals surface area contributed by atoms with Crippen molar-refractivity contribution in [3.05, 3.63) is 51.9 Å². The minimum absolute atomic E-state index is 0.0855. The van der Waals surface area contributed by atoms with Gasteiger partial charge in [0.15, 0.2) is 0 Å². The molecule has 1 aromatic carbocycles. The topological polar surface area (TPSA) is 67.6 Å². The van der Waals surface area contributed by atoms with E-state index in [1.165, 1.54) is 43.4 Å². The Morgan fingerprint density at radius 3 is 2.47 bits per heavy atom. The van der Waals surface area contributed by atoms with Crippen molar-refractivity contribution in [3.8, 4) is 11.4 Å². The van der Waals surface area contributed by atoms with Crippen molar-refractivity contribution in [2.24, 2.45) is 5.92 Å². The van der Waals surface area contributed by atoms with Gasteiger partial charge in [-0.3, -0.25) is 9.36 Å². The van der Waals surface area contributed by atoms with Crippen LogP contribution in [-0.4, -0.2) is 44.8 Å². The Morgan fingerprint density at radius 1 is 1.06 bits per heavy atom. The highest BCUT2D eigenvalue weighted by molar-refractivity contribution is 7.19. The first-order valence-electron chi connectivity index (χ1n) is 12.7. The molecule has 6 nitrogen and oxygen atoms in total. The predicted molar refractivity (Wildman–Crippen MR) is 135 cm³/mol. The molecule has 6 rings (SSSR count). The molecular formula is C27H33N3O3S. The number of aromatic nitrogens is 2. The zero-order valence-electron chi connectivity index (χ0n) is 19.7. The molecule has 2 aliphatic heterocycles. The molecule has 3 aromatic rings. The van der Waals surface area contributed by atoms with Gasteiger partial charge in [-0.15, -0.1) is 11.3 Å². The van der Waals surface area contributed by atoms with E-state index in [9.17, 15) is 9.90 Å². The number of hydrogen-bond donors (Lipinski definition) is 1. The summed E-state index contributed by atoms with van der Waals surface area (Å²) in [5.41, 5.74) is 1.36. The highest BCUT2D eigenvalue weighted by atomic mass is 32.1. The number of piperidine rings is 1. The zero-order chi connectivity index (χ0) is 23.2. The monoisotopic (exact) mass is 479 g/mol. The van der Waals surface area contributed by atoms with Gasteiger partial charge in [-0.25, -0.2) is 4.98 Å². The number of rotatable bonds is 5. The van der Waals surface area contributed by atoms with E-state index in [0.29, 0.717) is 22.3 Å². The molecule has 180 valence electrons. The Morgan fingerprint density at radius 2 is 1.76 bits per heavy atom. The third kappa shape index (κ3) is 4.08. The molecule has 3 aliphatic rings. The number of fused-ring (bicyclic) bond motifs is 3. The number of ether oxygens (including phenoxy) is 1. The van der Waals surface area contributed by atoms with E-state index in [2.05, 4.69) is 16.9 Å². The normalized spacial score (nSPS) is 26.7. The minimum atomic E-state index is -0.501. The van der Waals surface area contributed by atoms with Crippen LogP contribution in [0.15, 0.2) is 41.5 Å². The summed E-state index contributed by atoms with van der Waals surface area (Å²) < 4.78 is 8.51. The van der Waals surface area contributed by atoms with E-state index in [-0.39, 0.29) is 17.6 Å². The van der Waals surface area contributed by atoms with Crippen LogP contribution in [0.1, 0.15) is 68.8 Å². The van der Waals surface area contributed by atoms with Crippen molar-refractivity contribution in [1.29, 1.82) is 0 Å². The Bertz CT molecular complexity index is 1200. The van der Waals surface area contributed by atoms with Crippen molar-refractivity contribution in [3.63, 3.8) is 0 Å². The average molecular weight is 480 g/mol. The van der Waals surface area contributed by atoms with E-state index in [1.807, 2.05) is 30.3 Å². The molecule has 1 unspecified atom stereocenters. The van der Waals surface area contributed by atoms with Crippen LogP contribution in [0.2, 0.25) is 0 Å². The number of hydrogen-bond acceptors (Lipinski definition) is 6. The third-order valence-electron chi connectivity index (χ3n) is 8.32. The fourth-order valence-corrected chi connectivity index (χ4v) is 7.40. The molecule has 1 saturated carbocycles. The van der Waals surface area contributed by atoms with Crippen LogP contribution in [0.4, 0.5) is 0 Å². The number of aliphatic hydroxyl groups is 1. The highest BCUT2D eigenvalue weighted by Gasteiger charge is 2.39. The molecule has 4 heterocycles. The molecule has 2 bridgehead atoms. The second-order valence-electron chi connectivity index (χ2n) is 10.4. The van der Waals surface area contributed by atoms with Crippen molar-refractivity contribution in [2.45, 2.75) is 82.1 Å². The van der Waals surface area contributed by atoms with E-state index in [1.54, 1.807) is 10.9 Å². The van der Waals surface area contributed by atoms with Crippen LogP contribution in [-0.2, 0) is 0 Å². The highest BCUT2D eigenvalue weighted by Crippen LogP contribution is 2.38. The van der Waals surface area contributed by atoms with Crippen molar-refractivity contribution < 1.29 is 9.84 Å². The summed E-state index contributed by atoms with van der Waals surface area (Å²) in [7, 11) is 2.24. The average Bonchev–Trinajstić information content (AvgIpc) is 3.37. The van der Waals surface area contributed by atoms with Gasteiger partial charge in [0.2, 0.25) is 0 Å². The van der Waals surface area contributed by atoms with Crippen LogP contribution >= 0.6 is 11.3 Å². The molecule has 2 aromatic heterocycles. The number of benzene rings is 1. The summed E-state index contributed by atoms with van der Waals surface area (Å²) in [5.74, 6) is 1.14. The van der Waals surface area contributed by atoms with E-state index in [0.717, 1.165) is 42.0 Å². The molecule has 0 spiro atoms. The van der Waals surface area contributed by atoms with Gasteiger partial charge in [-0.2, -0.15) is 0 Å². The van der Waals surface area contributed by atoms with Gasteiger partial charge in [0.25, 0.3) is 5.56 Å². The predicted octanol–water partition coefficient (Wildman–Crippen LogP) is 5.06. The molecule has 1 aliphatic carbocycles. The van der Waals surface area contributed by atoms with E-state index < -0.39 is 6.10 Å². The lowest BCUT2D eigenvalue weighted by Crippen LogP contribution is -2.43. The van der Waals surface area contributed by atoms with Crippen LogP contribution < -0.4 is 10.3 Å². The smallest absolute Gasteiger partial charge is 0.275 e. The van der Waals surface area contributed by atoms with Gasteiger partial charge in [0.05, 0.1) is 17.3 Å². The summed E-state index contributed by atoms with van der Waals surface area (Å²) in [6.07, 6.45) is 11.8. The molecule has 7 heteroatoms. The summed E-state index contributed by atoms with van der Waals surface area (Å²) >= 11 is 1.39. The Labute approximate surface area is 204 Å². The second-order valence-corrected chi connectivity index (χ2v) is 11.5. The summed E-state index contributed by atoms with van der Waals surface area (Å²) in [5, 5.41) is 10.9. The lowest BCUT2D eigenvalue weighted by molar-refractivity contribution is 0.0662. The van der Waals surface area contributed by atoms with Crippen LogP contribution in [0, 0.1) is 5.92 Å². The van der Waals surface area contributed by atoms with Crippen LogP contribution in [0.25, 0.3) is 15.9 Å². The lowest BCUT2D eigenvalue weighted by Gasteiger charge is -2.36. The van der Waals surface area contributed by atoms with E-state index in [4.69, 9.17) is 4.74 Å². The quantitative estimate of drug-likeness (QED) is 0.554. The number of aliphatic hydroxyl groups excluding tert-OH is 1. The zero-order valence-corrected chi connectivity index (χ0v) is 20.5. The summed E-state index contributed by atoms with van der Waals surface area (Å²) in [4.78, 5) is 21.2. The molecule has 3 fully saturated rings. The molecular weight excluding hydrogens is 446 g/mol. The molecule has 4 atom stereocenters. The molecule has 34 heavy (non-hydrogen) atoms. The molecule has 2 saturated heterocycles. The fraction of sp³-hybridized carbons (Fsp3) is 0.556. The van der Waals surface area contributed by atoms with Gasteiger partial charge in [0, 0.05) is 17.0 Å². The maximum Gasteiger partial charge on any atom is 0.275 e. The minimum Gasteiger partial charge on any atom is -0.490 e. The number of thiophene rings is 1. The standard InChI is InChI=1S/C27H33N3O3S/c1-29-19-7-8-20(29)14-22(13-19)33-21-11-9-18(10-12-21)30-16-28-23-15-24(34-26(23)27(30)32)25(31)17-5-3-2-4-6-17/h9-12,15-17,19-20,22,25,31H,2-8,13-14H2,1H3/t19-,20+,22+,25?. The third-order valence-corrected chi connectivity index (χ3v) is 9.50. The Balaban J connectivity index is 1.20. The van der Waals surface area contributed by atoms with Crippen molar-refractivity contribution in [2.75, 3.05) is 7.05 Å². The maximum atomic E-state index is 13.3. The number of nitrogens with zero attached hydrogens (tertiary/aromatic N) is 3. The second kappa shape index (κ2) is 9.10. The lowest BCUT2D eigenvalue weighted by atomic mass is 9.85. The Kier molecular flexibility index (Phi) is 5.95. The maximum absolute atomic E-state index is 13.3. The van der Waals surface area contributed by atoms with E-state index >= 15 is 0 Å². The van der Waals surface area contributed by atoms with Gasteiger partial charge < -0.3 is 14.7 Å². The van der Waals surface area contributed by atoms with Crippen molar-refractivity contribution in [1.82, 2.24) is 14.5 Å². The van der Waals surface area contributed by atoms with Crippen molar-refractivity contribution >= 4 is 21.6 Å². The van der Waals surface area contributed by atoms with Crippen LogP contribution in [0.5, 0.6) is 5.75 Å². The summed E-state index contributed by atoms with van der Waals surface area (Å²) in [6.45, 7) is 0. The summed E-state index contributed by atoms with van der Waals surface area (Å²) in [6, 6.07) is 11.0. The largest absolute Gasteiger partial charge is 0.490 e. The Hall–Kier alpha value is -2.22. The molecule has 0 amide bonds. The first kappa shape index (κ1) is 22.3. The first-order chi connectivity index (χ1) is 16.6. The van der Waals surface area contributed by atoms with Gasteiger partial charge in [0.1, 0.15) is 22.9 Å². The van der Waals surface area contributed by atoms with Gasteiger partial charge in [-0.1, -0.05) is 19.3 Å². The van der Waals surface area contributed by atoms with Gasteiger partial charge in [-0.05, 0) is 81.8 Å².